The highest BCUT2D eigenvalue weighted by atomic mass is 16.3. The van der Waals surface area contributed by atoms with Gasteiger partial charge in [-0.1, -0.05) is 31.0 Å². The smallest absolute Gasteiger partial charge is 0.0769 e. The van der Waals surface area contributed by atoms with Crippen LogP contribution in [0.25, 0.3) is 5.69 Å². The molecule has 4 heteroatoms. The highest BCUT2D eigenvalue weighted by Crippen LogP contribution is 2.39. The summed E-state index contributed by atoms with van der Waals surface area (Å²) in [4.78, 5) is 2.46. The SMILES string of the molecule is OC12CCCCC1CN(Cc1ccn(-c3ccccc3)n1)CC2. The number of aliphatic hydroxyl groups is 1. The molecule has 1 saturated carbocycles. The van der Waals surface area contributed by atoms with Gasteiger partial charge in [0.1, 0.15) is 0 Å². The van der Waals surface area contributed by atoms with Gasteiger partial charge in [-0.05, 0) is 37.5 Å². The van der Waals surface area contributed by atoms with Crippen molar-refractivity contribution in [2.24, 2.45) is 5.92 Å². The van der Waals surface area contributed by atoms with Crippen LogP contribution in [0.15, 0.2) is 42.6 Å². The molecule has 0 spiro atoms. The van der Waals surface area contributed by atoms with E-state index in [1.807, 2.05) is 29.1 Å². The van der Waals surface area contributed by atoms with Gasteiger partial charge in [-0.25, -0.2) is 4.68 Å². The van der Waals surface area contributed by atoms with Gasteiger partial charge >= 0.3 is 0 Å². The predicted molar refractivity (Wildman–Crippen MR) is 90.4 cm³/mol. The monoisotopic (exact) mass is 311 g/mol. The van der Waals surface area contributed by atoms with Crippen LogP contribution in [0.2, 0.25) is 0 Å². The van der Waals surface area contributed by atoms with E-state index in [1.165, 1.54) is 19.3 Å². The number of piperidine rings is 1. The van der Waals surface area contributed by atoms with Crippen molar-refractivity contribution in [1.82, 2.24) is 14.7 Å². The normalized spacial score (nSPS) is 28.5. The maximum Gasteiger partial charge on any atom is 0.0769 e. The average molecular weight is 311 g/mol. The molecule has 1 aromatic heterocycles. The maximum atomic E-state index is 10.8. The number of hydrogen-bond donors (Lipinski definition) is 1. The molecule has 0 bridgehead atoms. The average Bonchev–Trinajstić information content (AvgIpc) is 3.04. The molecule has 2 fully saturated rings. The summed E-state index contributed by atoms with van der Waals surface area (Å²) in [5.41, 5.74) is 1.81. The standard InChI is InChI=1S/C19H25N3O/c23-19-10-5-4-6-16(19)14-21(13-11-19)15-17-9-12-22(20-17)18-7-2-1-3-8-18/h1-3,7-9,12,16,23H,4-6,10-11,13-15H2. The van der Waals surface area contributed by atoms with Crippen molar-refractivity contribution >= 4 is 0 Å². The summed E-state index contributed by atoms with van der Waals surface area (Å²) in [5.74, 6) is 0.446. The molecule has 1 saturated heterocycles. The Kier molecular flexibility index (Phi) is 3.95. The van der Waals surface area contributed by atoms with Crippen molar-refractivity contribution in [3.63, 3.8) is 0 Å². The van der Waals surface area contributed by atoms with Crippen LogP contribution in [-0.2, 0) is 6.54 Å². The first-order chi connectivity index (χ1) is 11.2. The first kappa shape index (κ1) is 14.9. The second-order valence-electron chi connectivity index (χ2n) is 7.12. The van der Waals surface area contributed by atoms with Crippen molar-refractivity contribution in [1.29, 1.82) is 0 Å². The lowest BCUT2D eigenvalue weighted by atomic mass is 9.71. The number of rotatable bonds is 3. The van der Waals surface area contributed by atoms with Crippen molar-refractivity contribution < 1.29 is 5.11 Å². The molecule has 2 aliphatic rings. The van der Waals surface area contributed by atoms with Crippen LogP contribution in [0.3, 0.4) is 0 Å². The molecule has 0 amide bonds. The van der Waals surface area contributed by atoms with E-state index in [-0.39, 0.29) is 0 Å². The van der Waals surface area contributed by atoms with Gasteiger partial charge in [0, 0.05) is 31.7 Å². The minimum atomic E-state index is -0.391. The molecular formula is C19H25N3O. The fourth-order valence-electron chi connectivity index (χ4n) is 4.18. The van der Waals surface area contributed by atoms with Gasteiger partial charge in [-0.3, -0.25) is 4.90 Å². The number of hydrogen-bond acceptors (Lipinski definition) is 3. The van der Waals surface area contributed by atoms with Crippen LogP contribution in [0.5, 0.6) is 0 Å². The molecule has 2 atom stereocenters. The van der Waals surface area contributed by atoms with Gasteiger partial charge in [-0.2, -0.15) is 5.10 Å². The molecular weight excluding hydrogens is 286 g/mol. The minimum absolute atomic E-state index is 0.391. The number of fused-ring (bicyclic) bond motifs is 1. The minimum Gasteiger partial charge on any atom is -0.390 e. The molecule has 1 N–H and O–H groups in total. The molecule has 0 radical (unpaired) electrons. The van der Waals surface area contributed by atoms with Crippen LogP contribution < -0.4 is 0 Å². The number of likely N-dealkylation sites (tertiary alicyclic amines) is 1. The largest absolute Gasteiger partial charge is 0.390 e. The molecule has 1 aliphatic carbocycles. The van der Waals surface area contributed by atoms with E-state index in [9.17, 15) is 5.11 Å². The van der Waals surface area contributed by atoms with Crippen LogP contribution >= 0.6 is 0 Å². The van der Waals surface area contributed by atoms with Crippen molar-refractivity contribution in [3.8, 4) is 5.69 Å². The van der Waals surface area contributed by atoms with E-state index in [1.54, 1.807) is 0 Å². The first-order valence-electron chi connectivity index (χ1n) is 8.78. The molecule has 2 heterocycles. The summed E-state index contributed by atoms with van der Waals surface area (Å²) < 4.78 is 1.94. The van der Waals surface area contributed by atoms with Crippen LogP contribution in [0.4, 0.5) is 0 Å². The number of para-hydroxylation sites is 1. The number of nitrogens with zero attached hydrogens (tertiary/aromatic N) is 3. The molecule has 23 heavy (non-hydrogen) atoms. The molecule has 1 aliphatic heterocycles. The predicted octanol–water partition coefficient (Wildman–Crippen LogP) is 3.00. The Hall–Kier alpha value is -1.65. The zero-order valence-corrected chi connectivity index (χ0v) is 13.6. The third-order valence-electron chi connectivity index (χ3n) is 5.56. The lowest BCUT2D eigenvalue weighted by Gasteiger charge is -2.47. The Morgan fingerprint density at radius 2 is 2.00 bits per heavy atom. The summed E-state index contributed by atoms with van der Waals surface area (Å²) in [5, 5.41) is 15.5. The summed E-state index contributed by atoms with van der Waals surface area (Å²) >= 11 is 0. The summed E-state index contributed by atoms with van der Waals surface area (Å²) in [6.45, 7) is 2.87. The molecule has 1 aromatic carbocycles. The van der Waals surface area contributed by atoms with Gasteiger partial charge in [0.25, 0.3) is 0 Å². The second kappa shape index (κ2) is 6.10. The summed E-state index contributed by atoms with van der Waals surface area (Å²) in [6.07, 6.45) is 7.57. The summed E-state index contributed by atoms with van der Waals surface area (Å²) in [7, 11) is 0. The van der Waals surface area contributed by atoms with Crippen LogP contribution in [0.1, 0.15) is 37.8 Å². The number of aromatic nitrogens is 2. The Morgan fingerprint density at radius 1 is 1.13 bits per heavy atom. The fraction of sp³-hybridized carbons (Fsp3) is 0.526. The van der Waals surface area contributed by atoms with E-state index >= 15 is 0 Å². The number of benzene rings is 1. The summed E-state index contributed by atoms with van der Waals surface area (Å²) in [6, 6.07) is 12.3. The third kappa shape index (κ3) is 3.06. The van der Waals surface area contributed by atoms with Crippen LogP contribution in [0, 0.1) is 5.92 Å². The Balaban J connectivity index is 1.42. The van der Waals surface area contributed by atoms with E-state index in [2.05, 4.69) is 23.1 Å². The maximum absolute atomic E-state index is 10.8. The van der Waals surface area contributed by atoms with E-state index in [0.717, 1.165) is 43.9 Å². The zero-order valence-electron chi connectivity index (χ0n) is 13.6. The van der Waals surface area contributed by atoms with E-state index in [0.29, 0.717) is 5.92 Å². The topological polar surface area (TPSA) is 41.3 Å². The highest BCUT2D eigenvalue weighted by Gasteiger charge is 2.42. The van der Waals surface area contributed by atoms with E-state index < -0.39 is 5.60 Å². The van der Waals surface area contributed by atoms with Crippen molar-refractivity contribution in [3.05, 3.63) is 48.3 Å². The second-order valence-corrected chi connectivity index (χ2v) is 7.12. The fourth-order valence-corrected chi connectivity index (χ4v) is 4.18. The molecule has 4 nitrogen and oxygen atoms in total. The molecule has 4 rings (SSSR count). The van der Waals surface area contributed by atoms with Crippen LogP contribution in [-0.4, -0.2) is 38.5 Å². The molecule has 2 aromatic rings. The Bertz CT molecular complexity index is 654. The van der Waals surface area contributed by atoms with Crippen molar-refractivity contribution in [2.45, 2.75) is 44.2 Å². The van der Waals surface area contributed by atoms with Gasteiger partial charge in [0.05, 0.1) is 17.0 Å². The van der Waals surface area contributed by atoms with Gasteiger partial charge < -0.3 is 5.11 Å². The van der Waals surface area contributed by atoms with E-state index in [4.69, 9.17) is 5.10 Å². The van der Waals surface area contributed by atoms with Gasteiger partial charge in [-0.15, -0.1) is 0 Å². The lowest BCUT2D eigenvalue weighted by molar-refractivity contribution is -0.0969. The lowest BCUT2D eigenvalue weighted by Crippen LogP contribution is -2.52. The third-order valence-corrected chi connectivity index (χ3v) is 5.56. The first-order valence-corrected chi connectivity index (χ1v) is 8.78. The zero-order chi connectivity index (χ0) is 15.7. The molecule has 2 unspecified atom stereocenters. The van der Waals surface area contributed by atoms with Gasteiger partial charge in [0.2, 0.25) is 0 Å². The quantitative estimate of drug-likeness (QED) is 0.947. The Morgan fingerprint density at radius 3 is 2.87 bits per heavy atom. The van der Waals surface area contributed by atoms with Gasteiger partial charge in [0.15, 0.2) is 0 Å². The highest BCUT2D eigenvalue weighted by molar-refractivity contribution is 5.30. The van der Waals surface area contributed by atoms with Crippen molar-refractivity contribution in [2.75, 3.05) is 13.1 Å². The Labute approximate surface area is 137 Å². The molecule has 122 valence electrons.